The number of rotatable bonds is 1. The Kier molecular flexibility index (Phi) is 2.94. The molecule has 0 saturated carbocycles. The Labute approximate surface area is 79.1 Å². The summed E-state index contributed by atoms with van der Waals surface area (Å²) in [6.45, 7) is 4.47. The highest BCUT2D eigenvalue weighted by molar-refractivity contribution is 7.92. The van der Waals surface area contributed by atoms with E-state index in [9.17, 15) is 8.42 Å². The first kappa shape index (κ1) is 10.5. The van der Waals surface area contributed by atoms with Crippen LogP contribution in [0.1, 0.15) is 13.8 Å². The average Bonchev–Trinajstić information content (AvgIpc) is 2.08. The third-order valence-corrected chi connectivity index (χ3v) is 4.63. The molecule has 1 fully saturated rings. The highest BCUT2D eigenvalue weighted by Crippen LogP contribution is 2.13. The lowest BCUT2D eigenvalue weighted by molar-refractivity contribution is 0.250. The highest BCUT2D eigenvalue weighted by Gasteiger charge is 2.31. The standard InChI is InChI=1S/C8H14N2O2S/c1-7(5-9)10-3-4-13(11,12)8(2)6-10/h7-8H,3-4,6H2,1-2H3. The smallest absolute Gasteiger partial charge is 0.155 e. The second-order valence-corrected chi connectivity index (χ2v) is 6.02. The second-order valence-electron chi connectivity index (χ2n) is 3.48. The summed E-state index contributed by atoms with van der Waals surface area (Å²) >= 11 is 0. The molecule has 2 atom stereocenters. The van der Waals surface area contributed by atoms with Crippen LogP contribution < -0.4 is 0 Å². The minimum Gasteiger partial charge on any atom is -0.286 e. The van der Waals surface area contributed by atoms with Gasteiger partial charge in [0.15, 0.2) is 9.84 Å². The lowest BCUT2D eigenvalue weighted by Gasteiger charge is -2.32. The van der Waals surface area contributed by atoms with Gasteiger partial charge >= 0.3 is 0 Å². The van der Waals surface area contributed by atoms with Gasteiger partial charge in [0.25, 0.3) is 0 Å². The van der Waals surface area contributed by atoms with E-state index in [2.05, 4.69) is 6.07 Å². The summed E-state index contributed by atoms with van der Waals surface area (Å²) in [7, 11) is -2.89. The van der Waals surface area contributed by atoms with Crippen LogP contribution in [0.4, 0.5) is 0 Å². The molecule has 2 unspecified atom stereocenters. The number of hydrogen-bond donors (Lipinski definition) is 0. The largest absolute Gasteiger partial charge is 0.286 e. The van der Waals surface area contributed by atoms with Crippen molar-refractivity contribution < 1.29 is 8.42 Å². The Balaban J connectivity index is 2.68. The number of nitrogens with zero attached hydrogens (tertiary/aromatic N) is 2. The third-order valence-electron chi connectivity index (χ3n) is 2.50. The molecule has 1 rings (SSSR count). The van der Waals surface area contributed by atoms with Crippen molar-refractivity contribution >= 4 is 9.84 Å². The maximum atomic E-state index is 11.3. The summed E-state index contributed by atoms with van der Waals surface area (Å²) in [5, 5.41) is 8.33. The van der Waals surface area contributed by atoms with Crippen LogP contribution >= 0.6 is 0 Å². The SMILES string of the molecule is CC(C#N)N1CCS(=O)(=O)C(C)C1. The molecule has 5 heteroatoms. The molecule has 1 saturated heterocycles. The van der Waals surface area contributed by atoms with Crippen LogP contribution in [0.3, 0.4) is 0 Å². The molecule has 74 valence electrons. The minimum absolute atomic E-state index is 0.181. The van der Waals surface area contributed by atoms with Crippen molar-refractivity contribution in [3.8, 4) is 6.07 Å². The molecule has 0 aromatic rings. The first-order valence-electron chi connectivity index (χ1n) is 4.32. The van der Waals surface area contributed by atoms with Gasteiger partial charge in [-0.15, -0.1) is 0 Å². The van der Waals surface area contributed by atoms with E-state index in [1.807, 2.05) is 4.90 Å². The van der Waals surface area contributed by atoms with Crippen molar-refractivity contribution in [1.82, 2.24) is 4.90 Å². The second kappa shape index (κ2) is 3.64. The van der Waals surface area contributed by atoms with E-state index in [-0.39, 0.29) is 17.0 Å². The van der Waals surface area contributed by atoms with Crippen LogP contribution in [-0.2, 0) is 9.84 Å². The monoisotopic (exact) mass is 202 g/mol. The first-order valence-corrected chi connectivity index (χ1v) is 6.04. The Morgan fingerprint density at radius 2 is 2.23 bits per heavy atom. The molecule has 0 N–H and O–H groups in total. The molecule has 0 aliphatic carbocycles. The van der Waals surface area contributed by atoms with E-state index in [0.29, 0.717) is 13.1 Å². The molecule has 13 heavy (non-hydrogen) atoms. The van der Waals surface area contributed by atoms with Crippen molar-refractivity contribution in [2.75, 3.05) is 18.8 Å². The summed E-state index contributed by atoms with van der Waals surface area (Å²) in [6.07, 6.45) is 0. The molecule has 1 aliphatic rings. The van der Waals surface area contributed by atoms with Crippen LogP contribution in [0.25, 0.3) is 0 Å². The van der Waals surface area contributed by atoms with Gasteiger partial charge in [0.2, 0.25) is 0 Å². The fourth-order valence-electron chi connectivity index (χ4n) is 1.41. The lowest BCUT2D eigenvalue weighted by atomic mass is 10.3. The molecule has 0 aromatic heterocycles. The topological polar surface area (TPSA) is 61.2 Å². The quantitative estimate of drug-likeness (QED) is 0.601. The normalized spacial score (nSPS) is 30.7. The zero-order valence-corrected chi connectivity index (χ0v) is 8.71. The zero-order valence-electron chi connectivity index (χ0n) is 7.90. The van der Waals surface area contributed by atoms with Crippen LogP contribution in [0.15, 0.2) is 0 Å². The molecular formula is C8H14N2O2S. The van der Waals surface area contributed by atoms with Gasteiger partial charge in [0.05, 0.1) is 23.1 Å². The van der Waals surface area contributed by atoms with Gasteiger partial charge in [-0.1, -0.05) is 0 Å². The van der Waals surface area contributed by atoms with Gasteiger partial charge in [0.1, 0.15) is 0 Å². The molecule has 4 nitrogen and oxygen atoms in total. The van der Waals surface area contributed by atoms with Crippen molar-refractivity contribution in [2.24, 2.45) is 0 Å². The fourth-order valence-corrected chi connectivity index (χ4v) is 2.72. The van der Waals surface area contributed by atoms with Gasteiger partial charge in [-0.25, -0.2) is 8.42 Å². The Morgan fingerprint density at radius 1 is 1.62 bits per heavy atom. The van der Waals surface area contributed by atoms with Gasteiger partial charge < -0.3 is 0 Å². The van der Waals surface area contributed by atoms with Crippen LogP contribution in [0.2, 0.25) is 0 Å². The molecular weight excluding hydrogens is 188 g/mol. The van der Waals surface area contributed by atoms with Gasteiger partial charge in [-0.05, 0) is 13.8 Å². The minimum atomic E-state index is -2.89. The van der Waals surface area contributed by atoms with Gasteiger partial charge in [-0.2, -0.15) is 5.26 Å². The van der Waals surface area contributed by atoms with Gasteiger partial charge in [-0.3, -0.25) is 4.90 Å². The molecule has 0 bridgehead atoms. The number of nitriles is 1. The van der Waals surface area contributed by atoms with Crippen molar-refractivity contribution in [2.45, 2.75) is 25.1 Å². The Hall–Kier alpha value is -0.600. The molecule has 0 radical (unpaired) electrons. The Bertz CT molecular complexity index is 318. The summed E-state index contributed by atoms with van der Waals surface area (Å²) in [4.78, 5) is 1.91. The van der Waals surface area contributed by atoms with Crippen molar-refractivity contribution in [3.63, 3.8) is 0 Å². The maximum absolute atomic E-state index is 11.3. The predicted molar refractivity (Wildman–Crippen MR) is 49.9 cm³/mol. The van der Waals surface area contributed by atoms with Gasteiger partial charge in [0, 0.05) is 13.1 Å². The first-order chi connectivity index (χ1) is 5.97. The zero-order chi connectivity index (χ0) is 10.1. The predicted octanol–water partition coefficient (Wildman–Crippen LogP) is 0.0174. The molecule has 0 amide bonds. The van der Waals surface area contributed by atoms with Crippen LogP contribution in [-0.4, -0.2) is 43.5 Å². The van der Waals surface area contributed by atoms with E-state index < -0.39 is 9.84 Å². The van der Waals surface area contributed by atoms with Crippen molar-refractivity contribution in [3.05, 3.63) is 0 Å². The highest BCUT2D eigenvalue weighted by atomic mass is 32.2. The summed E-state index contributed by atoms with van der Waals surface area (Å²) < 4.78 is 22.7. The van der Waals surface area contributed by atoms with E-state index in [1.165, 1.54) is 0 Å². The number of sulfone groups is 1. The Morgan fingerprint density at radius 3 is 2.69 bits per heavy atom. The summed E-state index contributed by atoms with van der Waals surface area (Å²) in [6, 6.07) is 1.93. The molecule has 1 aliphatic heterocycles. The molecule has 1 heterocycles. The maximum Gasteiger partial charge on any atom is 0.155 e. The van der Waals surface area contributed by atoms with Crippen molar-refractivity contribution in [1.29, 1.82) is 5.26 Å². The van der Waals surface area contributed by atoms with E-state index in [1.54, 1.807) is 13.8 Å². The molecule has 0 spiro atoms. The number of hydrogen-bond acceptors (Lipinski definition) is 4. The fraction of sp³-hybridized carbons (Fsp3) is 0.875. The third kappa shape index (κ3) is 2.20. The summed E-state index contributed by atoms with van der Waals surface area (Å²) in [5.41, 5.74) is 0. The average molecular weight is 202 g/mol. The van der Waals surface area contributed by atoms with E-state index in [4.69, 9.17) is 5.26 Å². The lowest BCUT2D eigenvalue weighted by Crippen LogP contribution is -2.48. The van der Waals surface area contributed by atoms with E-state index >= 15 is 0 Å². The van der Waals surface area contributed by atoms with E-state index in [0.717, 1.165) is 0 Å². The summed E-state index contributed by atoms with van der Waals surface area (Å²) in [5.74, 6) is 0.181. The van der Waals surface area contributed by atoms with Crippen LogP contribution in [0.5, 0.6) is 0 Å². The van der Waals surface area contributed by atoms with Crippen LogP contribution in [0, 0.1) is 11.3 Å². The molecule has 0 aromatic carbocycles.